The third-order valence-corrected chi connectivity index (χ3v) is 4.95. The van der Waals surface area contributed by atoms with E-state index < -0.39 is 18.5 Å². The molecule has 3 rings (SSSR count). The van der Waals surface area contributed by atoms with Crippen LogP contribution >= 0.6 is 12.2 Å². The lowest BCUT2D eigenvalue weighted by Gasteiger charge is -2.36. The second kappa shape index (κ2) is 8.70. The predicted molar refractivity (Wildman–Crippen MR) is 106 cm³/mol. The zero-order valence-corrected chi connectivity index (χ0v) is 16.4. The Labute approximate surface area is 167 Å². The molecule has 0 radical (unpaired) electrons. The highest BCUT2D eigenvalue weighted by atomic mass is 32.1. The zero-order valence-electron chi connectivity index (χ0n) is 15.6. The Morgan fingerprint density at radius 2 is 2.07 bits per heavy atom. The molecule has 2 fully saturated rings. The summed E-state index contributed by atoms with van der Waals surface area (Å²) in [6.07, 6.45) is -0.873. The molecule has 152 valence electrons. The molecule has 1 atom stereocenters. The lowest BCUT2D eigenvalue weighted by atomic mass is 10.2. The number of anilines is 2. The van der Waals surface area contributed by atoms with Gasteiger partial charge in [-0.3, -0.25) is 9.69 Å². The molecule has 2 aliphatic rings. The minimum absolute atomic E-state index is 0.315. The Bertz CT molecular complexity index is 770. The number of carbonyl (C=O) groups excluding carboxylic acids is 2. The van der Waals surface area contributed by atoms with Crippen molar-refractivity contribution in [1.82, 2.24) is 10.2 Å². The molecule has 1 aromatic carbocycles. The molecule has 0 bridgehead atoms. The molecule has 0 aliphatic carbocycles. The molecular formula is C18H23FN4O4S. The highest BCUT2D eigenvalue weighted by molar-refractivity contribution is 7.80. The molecule has 0 aromatic heterocycles. The van der Waals surface area contributed by atoms with Gasteiger partial charge in [-0.15, -0.1) is 0 Å². The summed E-state index contributed by atoms with van der Waals surface area (Å²) in [6.45, 7) is 3.74. The topological polar surface area (TPSA) is 85.4 Å². The molecule has 1 aromatic rings. The van der Waals surface area contributed by atoms with Crippen molar-refractivity contribution >= 4 is 40.6 Å². The van der Waals surface area contributed by atoms with Crippen molar-refractivity contribution in [3.8, 4) is 0 Å². The molecule has 8 nitrogen and oxygen atoms in total. The summed E-state index contributed by atoms with van der Waals surface area (Å²) in [7, 11) is 0. The van der Waals surface area contributed by atoms with Gasteiger partial charge in [0, 0.05) is 26.2 Å². The van der Waals surface area contributed by atoms with E-state index in [1.165, 1.54) is 11.0 Å². The number of carbonyl (C=O) groups is 2. The van der Waals surface area contributed by atoms with Gasteiger partial charge in [0.25, 0.3) is 0 Å². The summed E-state index contributed by atoms with van der Waals surface area (Å²) in [5.74, 6) is -0.764. The molecule has 10 heteroatoms. The Kier molecular flexibility index (Phi) is 6.30. The molecule has 2 saturated heterocycles. The lowest BCUT2D eigenvalue weighted by molar-refractivity contribution is -0.134. The predicted octanol–water partition coefficient (Wildman–Crippen LogP) is 0.729. The molecule has 2 aliphatic heterocycles. The van der Waals surface area contributed by atoms with Crippen LogP contribution < -0.4 is 15.1 Å². The number of halogens is 1. The van der Waals surface area contributed by atoms with E-state index in [1.54, 1.807) is 24.0 Å². The van der Waals surface area contributed by atoms with Crippen LogP contribution in [-0.2, 0) is 9.53 Å². The number of benzene rings is 1. The standard InChI is InChI=1S/C18H23FN4O4S/c1-12(28)20-9-14-10-23(18(26)27-14)13-2-3-16(15(19)8-13)21-4-6-22(7-5-21)17(25)11-24/h2-3,8,14,24H,4-7,9-11H2,1H3,(H,20,28)/t14-/m0/s1. The lowest BCUT2D eigenvalue weighted by Crippen LogP contribution is -2.49. The highest BCUT2D eigenvalue weighted by Crippen LogP contribution is 2.28. The summed E-state index contributed by atoms with van der Waals surface area (Å²) >= 11 is 4.95. The second-order valence-electron chi connectivity index (χ2n) is 6.72. The van der Waals surface area contributed by atoms with Crippen LogP contribution in [-0.4, -0.2) is 79.0 Å². The van der Waals surface area contributed by atoms with E-state index >= 15 is 0 Å². The van der Waals surface area contributed by atoms with Crippen LogP contribution in [0.4, 0.5) is 20.6 Å². The van der Waals surface area contributed by atoms with Crippen molar-refractivity contribution in [3.63, 3.8) is 0 Å². The quantitative estimate of drug-likeness (QED) is 0.692. The first-order valence-electron chi connectivity index (χ1n) is 9.04. The SMILES string of the molecule is CC(=S)NC[C@H]1CN(c2ccc(N3CCN(C(=O)CO)CC3)c(F)c2)C(=O)O1. The maximum Gasteiger partial charge on any atom is 0.414 e. The average Bonchev–Trinajstić information content (AvgIpc) is 3.06. The fraction of sp³-hybridized carbons (Fsp3) is 0.500. The molecule has 0 spiro atoms. The number of nitrogens with one attached hydrogen (secondary N) is 1. The van der Waals surface area contributed by atoms with E-state index in [9.17, 15) is 14.0 Å². The number of hydrogen-bond donors (Lipinski definition) is 2. The monoisotopic (exact) mass is 410 g/mol. The summed E-state index contributed by atoms with van der Waals surface area (Å²) in [5, 5.41) is 11.9. The first-order valence-corrected chi connectivity index (χ1v) is 9.45. The van der Waals surface area contributed by atoms with E-state index in [0.29, 0.717) is 55.6 Å². The molecule has 0 unspecified atom stereocenters. The third-order valence-electron chi connectivity index (χ3n) is 4.80. The highest BCUT2D eigenvalue weighted by Gasteiger charge is 2.33. The van der Waals surface area contributed by atoms with Crippen molar-refractivity contribution in [2.45, 2.75) is 13.0 Å². The first-order chi connectivity index (χ1) is 13.4. The molecule has 2 amide bonds. The van der Waals surface area contributed by atoms with Gasteiger partial charge in [-0.25, -0.2) is 9.18 Å². The van der Waals surface area contributed by atoms with Crippen LogP contribution in [0.3, 0.4) is 0 Å². The van der Waals surface area contributed by atoms with Gasteiger partial charge in [-0.2, -0.15) is 0 Å². The van der Waals surface area contributed by atoms with Gasteiger partial charge >= 0.3 is 6.09 Å². The van der Waals surface area contributed by atoms with Crippen LogP contribution in [0.15, 0.2) is 18.2 Å². The Balaban J connectivity index is 1.64. The van der Waals surface area contributed by atoms with Gasteiger partial charge < -0.3 is 25.0 Å². The van der Waals surface area contributed by atoms with Crippen LogP contribution in [0, 0.1) is 5.82 Å². The Morgan fingerprint density at radius 3 is 2.68 bits per heavy atom. The molecular weight excluding hydrogens is 387 g/mol. The number of amides is 2. The number of rotatable bonds is 5. The summed E-state index contributed by atoms with van der Waals surface area (Å²) < 4.78 is 20.0. The van der Waals surface area contributed by atoms with Gasteiger partial charge in [0.15, 0.2) is 0 Å². The smallest absolute Gasteiger partial charge is 0.414 e. The summed E-state index contributed by atoms with van der Waals surface area (Å²) in [6, 6.07) is 4.64. The van der Waals surface area contributed by atoms with E-state index in [4.69, 9.17) is 22.1 Å². The maximum atomic E-state index is 14.7. The van der Waals surface area contributed by atoms with E-state index in [0.717, 1.165) is 0 Å². The van der Waals surface area contributed by atoms with Gasteiger partial charge in [0.05, 0.1) is 29.5 Å². The minimum atomic E-state index is -0.518. The normalized spacial score (nSPS) is 19.6. The number of hydrogen-bond acceptors (Lipinski definition) is 6. The molecule has 2 N–H and O–H groups in total. The number of thiocarbonyl (C=S) groups is 1. The number of nitrogens with zero attached hydrogens (tertiary/aromatic N) is 3. The van der Waals surface area contributed by atoms with Gasteiger partial charge in [0.1, 0.15) is 18.5 Å². The molecule has 0 saturated carbocycles. The summed E-state index contributed by atoms with van der Waals surface area (Å²) in [5.41, 5.74) is 0.851. The number of piperazine rings is 1. The third kappa shape index (κ3) is 4.50. The van der Waals surface area contributed by atoms with Crippen molar-refractivity contribution in [2.75, 3.05) is 55.7 Å². The van der Waals surface area contributed by atoms with Crippen molar-refractivity contribution in [3.05, 3.63) is 24.0 Å². The fourth-order valence-corrected chi connectivity index (χ4v) is 3.40. The summed E-state index contributed by atoms with van der Waals surface area (Å²) in [4.78, 5) is 29.1. The second-order valence-corrected chi connectivity index (χ2v) is 7.33. The maximum absolute atomic E-state index is 14.7. The van der Waals surface area contributed by atoms with E-state index in [-0.39, 0.29) is 12.0 Å². The first kappa shape index (κ1) is 20.3. The number of aliphatic hydroxyl groups is 1. The minimum Gasteiger partial charge on any atom is -0.442 e. The number of aliphatic hydroxyl groups excluding tert-OH is 1. The number of cyclic esters (lactones) is 1. The largest absolute Gasteiger partial charge is 0.442 e. The Hall–Kier alpha value is -2.46. The van der Waals surface area contributed by atoms with Gasteiger partial charge in [0.2, 0.25) is 5.91 Å². The van der Waals surface area contributed by atoms with Crippen molar-refractivity contribution in [2.24, 2.45) is 0 Å². The molecule has 28 heavy (non-hydrogen) atoms. The fourth-order valence-electron chi connectivity index (χ4n) is 3.31. The van der Waals surface area contributed by atoms with Crippen LogP contribution in [0.25, 0.3) is 0 Å². The number of ether oxygens (including phenoxy) is 1. The van der Waals surface area contributed by atoms with Crippen LogP contribution in [0.1, 0.15) is 6.92 Å². The van der Waals surface area contributed by atoms with Gasteiger partial charge in [-0.1, -0.05) is 12.2 Å². The van der Waals surface area contributed by atoms with Crippen LogP contribution in [0.5, 0.6) is 0 Å². The Morgan fingerprint density at radius 1 is 1.36 bits per heavy atom. The molecule has 2 heterocycles. The van der Waals surface area contributed by atoms with Crippen molar-refractivity contribution < 1.29 is 23.8 Å². The van der Waals surface area contributed by atoms with E-state index in [1.807, 2.05) is 4.90 Å². The van der Waals surface area contributed by atoms with E-state index in [2.05, 4.69) is 5.32 Å². The zero-order chi connectivity index (χ0) is 20.3. The van der Waals surface area contributed by atoms with Gasteiger partial charge in [-0.05, 0) is 25.1 Å². The van der Waals surface area contributed by atoms with Crippen LogP contribution in [0.2, 0.25) is 0 Å². The van der Waals surface area contributed by atoms with Crippen molar-refractivity contribution in [1.29, 1.82) is 0 Å². The average molecular weight is 410 g/mol.